The highest BCUT2D eigenvalue weighted by Crippen LogP contribution is 2.34. The van der Waals surface area contributed by atoms with E-state index in [-0.39, 0.29) is 31.6 Å². The smallest absolute Gasteiger partial charge is 0.243 e. The van der Waals surface area contributed by atoms with Gasteiger partial charge in [0, 0.05) is 11.8 Å². The third kappa shape index (κ3) is 4.41. The van der Waals surface area contributed by atoms with Crippen LogP contribution in [-0.4, -0.2) is 32.3 Å². The molecule has 2 aromatic carbocycles. The normalized spacial score (nSPS) is 11.7. The molecular weight excluding hydrogens is 324 g/mol. The molecule has 0 atom stereocenters. The molecule has 25 heavy (non-hydrogen) atoms. The fraction of sp³-hybridized carbons (Fsp3) is 0.222. The Morgan fingerprint density at radius 3 is 2.76 bits per heavy atom. The molecule has 0 fully saturated rings. The topological polar surface area (TPSA) is 85.9 Å². The fourth-order valence-electron chi connectivity index (χ4n) is 2.39. The second-order valence-corrected chi connectivity index (χ2v) is 5.42. The maximum atomic E-state index is 12.0. The Bertz CT molecular complexity index is 791. The molecule has 0 saturated heterocycles. The van der Waals surface area contributed by atoms with Crippen LogP contribution >= 0.6 is 0 Å². The molecule has 0 radical (unpaired) electrons. The Balaban J connectivity index is 1.47. The molecule has 2 amide bonds. The zero-order valence-electron chi connectivity index (χ0n) is 13.7. The first-order chi connectivity index (χ1) is 12.1. The van der Waals surface area contributed by atoms with Gasteiger partial charge in [0.1, 0.15) is 5.75 Å². The van der Waals surface area contributed by atoms with Gasteiger partial charge in [0.15, 0.2) is 11.5 Å². The number of methoxy groups -OCH3 is 1. The number of ether oxygens (including phenoxy) is 3. The SMILES string of the molecule is COc1cccc(CC(=O)NCC(=O)Nc2ccc3c(c2)OCO3)c1. The van der Waals surface area contributed by atoms with Gasteiger partial charge in [-0.2, -0.15) is 0 Å². The first-order valence-corrected chi connectivity index (χ1v) is 7.73. The standard InChI is InChI=1S/C18H18N2O5/c1-23-14-4-2-3-12(7-14)8-17(21)19-10-18(22)20-13-5-6-15-16(9-13)25-11-24-15/h2-7,9H,8,10-11H2,1H3,(H,19,21)(H,20,22). The number of anilines is 1. The number of amides is 2. The molecule has 0 unspecified atom stereocenters. The number of hydrogen-bond acceptors (Lipinski definition) is 5. The van der Waals surface area contributed by atoms with E-state index in [1.54, 1.807) is 37.4 Å². The molecule has 0 spiro atoms. The average molecular weight is 342 g/mol. The third-order valence-electron chi connectivity index (χ3n) is 3.60. The van der Waals surface area contributed by atoms with Gasteiger partial charge in [-0.25, -0.2) is 0 Å². The van der Waals surface area contributed by atoms with Crippen LogP contribution in [0, 0.1) is 0 Å². The van der Waals surface area contributed by atoms with Crippen LogP contribution in [0.25, 0.3) is 0 Å². The molecule has 0 aromatic heterocycles. The van der Waals surface area contributed by atoms with Crippen molar-refractivity contribution in [2.45, 2.75) is 6.42 Å². The molecule has 2 aromatic rings. The summed E-state index contributed by atoms with van der Waals surface area (Å²) in [6, 6.07) is 12.3. The van der Waals surface area contributed by atoms with Crippen LogP contribution in [0.15, 0.2) is 42.5 Å². The van der Waals surface area contributed by atoms with Gasteiger partial charge in [0.25, 0.3) is 0 Å². The van der Waals surface area contributed by atoms with Crippen LogP contribution in [0.1, 0.15) is 5.56 Å². The van der Waals surface area contributed by atoms with Gasteiger partial charge in [0.2, 0.25) is 18.6 Å². The van der Waals surface area contributed by atoms with E-state index in [1.807, 2.05) is 12.1 Å². The molecule has 1 aliphatic rings. The number of hydrogen-bond donors (Lipinski definition) is 2. The number of nitrogens with one attached hydrogen (secondary N) is 2. The van der Waals surface area contributed by atoms with Crippen molar-refractivity contribution in [3.8, 4) is 17.2 Å². The van der Waals surface area contributed by atoms with Crippen LogP contribution in [0.3, 0.4) is 0 Å². The first-order valence-electron chi connectivity index (χ1n) is 7.73. The molecule has 7 nitrogen and oxygen atoms in total. The average Bonchev–Trinajstić information content (AvgIpc) is 3.08. The van der Waals surface area contributed by atoms with Crippen molar-refractivity contribution in [3.05, 3.63) is 48.0 Å². The van der Waals surface area contributed by atoms with E-state index in [9.17, 15) is 9.59 Å². The van der Waals surface area contributed by atoms with Crippen molar-refractivity contribution in [2.75, 3.05) is 25.8 Å². The molecule has 0 bridgehead atoms. The van der Waals surface area contributed by atoms with Gasteiger partial charge >= 0.3 is 0 Å². The number of rotatable bonds is 6. The lowest BCUT2D eigenvalue weighted by Crippen LogP contribution is -2.33. The predicted octanol–water partition coefficient (Wildman–Crippen LogP) is 1.72. The summed E-state index contributed by atoms with van der Waals surface area (Å²) in [5.41, 5.74) is 1.39. The molecule has 2 N–H and O–H groups in total. The van der Waals surface area contributed by atoms with Crippen LogP contribution in [-0.2, 0) is 16.0 Å². The van der Waals surface area contributed by atoms with E-state index in [4.69, 9.17) is 14.2 Å². The van der Waals surface area contributed by atoms with Crippen molar-refractivity contribution in [2.24, 2.45) is 0 Å². The summed E-state index contributed by atoms with van der Waals surface area (Å²) in [6.45, 7) is 0.0598. The quantitative estimate of drug-likeness (QED) is 0.835. The lowest BCUT2D eigenvalue weighted by atomic mass is 10.1. The Labute approximate surface area is 144 Å². The predicted molar refractivity (Wildman–Crippen MR) is 90.9 cm³/mol. The minimum atomic E-state index is -0.321. The van der Waals surface area contributed by atoms with Gasteiger partial charge in [0.05, 0.1) is 20.1 Å². The summed E-state index contributed by atoms with van der Waals surface area (Å²) in [4.78, 5) is 23.9. The zero-order chi connectivity index (χ0) is 17.6. The monoisotopic (exact) mass is 342 g/mol. The van der Waals surface area contributed by atoms with Crippen LogP contribution in [0.5, 0.6) is 17.2 Å². The van der Waals surface area contributed by atoms with Crippen LogP contribution < -0.4 is 24.8 Å². The van der Waals surface area contributed by atoms with E-state index in [0.29, 0.717) is 22.9 Å². The van der Waals surface area contributed by atoms with Crippen molar-refractivity contribution < 1.29 is 23.8 Å². The molecule has 0 aliphatic carbocycles. The largest absolute Gasteiger partial charge is 0.497 e. The van der Waals surface area contributed by atoms with Crippen molar-refractivity contribution in [3.63, 3.8) is 0 Å². The minimum absolute atomic E-state index is 0.114. The molecule has 130 valence electrons. The highest BCUT2D eigenvalue weighted by atomic mass is 16.7. The molecular formula is C18H18N2O5. The lowest BCUT2D eigenvalue weighted by molar-refractivity contribution is -0.123. The Morgan fingerprint density at radius 2 is 1.92 bits per heavy atom. The summed E-state index contributed by atoms with van der Waals surface area (Å²) >= 11 is 0. The fourth-order valence-corrected chi connectivity index (χ4v) is 2.39. The number of benzene rings is 2. The molecule has 1 aliphatic heterocycles. The third-order valence-corrected chi connectivity index (χ3v) is 3.60. The van der Waals surface area contributed by atoms with E-state index in [0.717, 1.165) is 5.56 Å². The van der Waals surface area contributed by atoms with Crippen molar-refractivity contribution in [1.29, 1.82) is 0 Å². The summed E-state index contributed by atoms with van der Waals surface area (Å²) in [5.74, 6) is 1.35. The van der Waals surface area contributed by atoms with Gasteiger partial charge < -0.3 is 24.8 Å². The van der Waals surface area contributed by atoms with Gasteiger partial charge in [-0.15, -0.1) is 0 Å². The van der Waals surface area contributed by atoms with Crippen LogP contribution in [0.2, 0.25) is 0 Å². The molecule has 0 saturated carbocycles. The summed E-state index contributed by atoms with van der Waals surface area (Å²) < 4.78 is 15.6. The first kappa shape index (κ1) is 16.6. The molecule has 3 rings (SSSR count). The lowest BCUT2D eigenvalue weighted by Gasteiger charge is -2.08. The zero-order valence-corrected chi connectivity index (χ0v) is 13.7. The number of fused-ring (bicyclic) bond motifs is 1. The number of carbonyl (C=O) groups excluding carboxylic acids is 2. The molecule has 1 heterocycles. The molecule has 7 heteroatoms. The summed E-state index contributed by atoms with van der Waals surface area (Å²) in [7, 11) is 1.57. The van der Waals surface area contributed by atoms with E-state index in [1.165, 1.54) is 0 Å². The minimum Gasteiger partial charge on any atom is -0.497 e. The van der Waals surface area contributed by atoms with Gasteiger partial charge in [-0.05, 0) is 29.8 Å². The van der Waals surface area contributed by atoms with E-state index in [2.05, 4.69) is 10.6 Å². The van der Waals surface area contributed by atoms with E-state index >= 15 is 0 Å². The van der Waals surface area contributed by atoms with Gasteiger partial charge in [-0.3, -0.25) is 9.59 Å². The Kier molecular flexibility index (Phi) is 5.03. The second kappa shape index (κ2) is 7.57. The maximum absolute atomic E-state index is 12.0. The Hall–Kier alpha value is -3.22. The highest BCUT2D eigenvalue weighted by molar-refractivity contribution is 5.95. The Morgan fingerprint density at radius 1 is 1.08 bits per heavy atom. The van der Waals surface area contributed by atoms with Crippen LogP contribution in [0.4, 0.5) is 5.69 Å². The summed E-state index contributed by atoms with van der Waals surface area (Å²) in [6.07, 6.45) is 0.175. The highest BCUT2D eigenvalue weighted by Gasteiger charge is 2.14. The summed E-state index contributed by atoms with van der Waals surface area (Å²) in [5, 5.41) is 5.29. The maximum Gasteiger partial charge on any atom is 0.243 e. The van der Waals surface area contributed by atoms with Gasteiger partial charge in [-0.1, -0.05) is 12.1 Å². The number of carbonyl (C=O) groups is 2. The van der Waals surface area contributed by atoms with E-state index < -0.39 is 0 Å². The van der Waals surface area contributed by atoms with Crippen molar-refractivity contribution >= 4 is 17.5 Å². The van der Waals surface area contributed by atoms with Crippen molar-refractivity contribution in [1.82, 2.24) is 5.32 Å². The second-order valence-electron chi connectivity index (χ2n) is 5.42.